The fourth-order valence-electron chi connectivity index (χ4n) is 9.67. The van der Waals surface area contributed by atoms with Gasteiger partial charge in [-0.2, -0.15) is 25.3 Å². The monoisotopic (exact) mass is 1090 g/mol. The second-order valence-electron chi connectivity index (χ2n) is 20.0. The first-order valence-electron chi connectivity index (χ1n) is 28.5. The molecule has 1 aromatic carbocycles. The second kappa shape index (κ2) is 41.4. The molecule has 0 aliphatic heterocycles. The highest BCUT2D eigenvalue weighted by atomic mass is 32.1. The number of aryl methyl sites for hydroxylation is 8. The van der Waals surface area contributed by atoms with Gasteiger partial charge in [-0.25, -0.2) is 19.9 Å². The molecule has 10 nitrogen and oxygen atoms in total. The topological polar surface area (TPSA) is 89.7 Å². The van der Waals surface area contributed by atoms with E-state index < -0.39 is 0 Å². The van der Waals surface area contributed by atoms with Gasteiger partial charge < -0.3 is 27.7 Å². The molecule has 0 spiro atoms. The Kier molecular flexibility index (Phi) is 35.2. The molecule has 5 aromatic rings. The minimum absolute atomic E-state index is 0.655. The molecular formula is C60H94N8O2S4. The van der Waals surface area contributed by atoms with Crippen LogP contribution < -0.4 is 0 Å². The summed E-state index contributed by atoms with van der Waals surface area (Å²) >= 11 is 18.7. The van der Waals surface area contributed by atoms with Crippen LogP contribution in [-0.4, -0.2) is 73.0 Å². The molecular weight excluding hydrogens is 993 g/mol. The van der Waals surface area contributed by atoms with Crippen LogP contribution in [-0.2, 0) is 61.3 Å². The number of ether oxygens (including phenoxy) is 2. The SMILES string of the molecule is CC(=S)OCCCCCCCC/C(CCn1ccnc1)=C(\CCCCCCCCOC(C)=S)CCn1ccnc1.SCCCCCCc1cc(CCn2ccnc2)c(CCn2ccnc2)cc1CCCCCCS. The maximum atomic E-state index is 5.42. The quantitative estimate of drug-likeness (QED) is 0.0173. The van der Waals surface area contributed by atoms with Crippen LogP contribution in [0.4, 0.5) is 0 Å². The van der Waals surface area contributed by atoms with Crippen LogP contribution in [0, 0.1) is 0 Å². The molecule has 5 rings (SSSR count). The van der Waals surface area contributed by atoms with Gasteiger partial charge in [0.15, 0.2) is 10.1 Å². The molecule has 0 saturated carbocycles. The highest BCUT2D eigenvalue weighted by Crippen LogP contribution is 2.27. The number of unbranched alkanes of at least 4 members (excludes halogenated alkanes) is 16. The molecule has 0 fully saturated rings. The van der Waals surface area contributed by atoms with E-state index in [1.54, 1.807) is 22.3 Å². The van der Waals surface area contributed by atoms with Gasteiger partial charge in [0.1, 0.15) is 0 Å². The van der Waals surface area contributed by atoms with Crippen LogP contribution in [0.2, 0.25) is 0 Å². The largest absolute Gasteiger partial charge is 0.487 e. The van der Waals surface area contributed by atoms with Crippen molar-refractivity contribution in [1.82, 2.24) is 38.2 Å². The van der Waals surface area contributed by atoms with Crippen LogP contribution >= 0.6 is 49.7 Å². The maximum absolute atomic E-state index is 5.42. The van der Waals surface area contributed by atoms with Gasteiger partial charge in [-0.15, -0.1) is 0 Å². The first-order valence-corrected chi connectivity index (χ1v) is 30.6. The van der Waals surface area contributed by atoms with E-state index in [2.05, 4.69) is 100 Å². The normalized spacial score (nSPS) is 11.6. The number of nitrogens with zero attached hydrogens (tertiary/aromatic N) is 8. The van der Waals surface area contributed by atoms with E-state index in [0.717, 1.165) is 89.4 Å². The summed E-state index contributed by atoms with van der Waals surface area (Å²) in [5, 5.41) is 1.31. The molecule has 14 heteroatoms. The summed E-state index contributed by atoms with van der Waals surface area (Å²) in [6, 6.07) is 5.09. The molecule has 4 aromatic heterocycles. The van der Waals surface area contributed by atoms with Crippen molar-refractivity contribution in [2.24, 2.45) is 0 Å². The molecule has 4 heterocycles. The van der Waals surface area contributed by atoms with Crippen molar-refractivity contribution in [1.29, 1.82) is 0 Å². The summed E-state index contributed by atoms with van der Waals surface area (Å²) in [6.07, 6.45) is 57.7. The molecule has 0 amide bonds. The van der Waals surface area contributed by atoms with Gasteiger partial charge in [0, 0.05) is 89.6 Å². The molecule has 0 N–H and O–H groups in total. The number of benzene rings is 1. The Morgan fingerprint density at radius 2 is 0.703 bits per heavy atom. The van der Waals surface area contributed by atoms with Gasteiger partial charge in [-0.1, -0.05) is 100 Å². The molecule has 0 atom stereocenters. The highest BCUT2D eigenvalue weighted by molar-refractivity contribution is 7.80. The van der Waals surface area contributed by atoms with Crippen molar-refractivity contribution in [3.05, 3.63) is 120 Å². The van der Waals surface area contributed by atoms with E-state index in [-0.39, 0.29) is 0 Å². The summed E-state index contributed by atoms with van der Waals surface area (Å²) in [7, 11) is 0. The average molecular weight is 1090 g/mol. The van der Waals surface area contributed by atoms with Crippen LogP contribution in [0.25, 0.3) is 0 Å². The van der Waals surface area contributed by atoms with Gasteiger partial charge in [0.05, 0.1) is 38.5 Å². The van der Waals surface area contributed by atoms with E-state index in [0.29, 0.717) is 10.1 Å². The summed E-state index contributed by atoms with van der Waals surface area (Å²) < 4.78 is 19.6. The molecule has 410 valence electrons. The number of thiol groups is 2. The van der Waals surface area contributed by atoms with Crippen molar-refractivity contribution < 1.29 is 9.47 Å². The fraction of sp³-hybridized carbons (Fsp3) is 0.633. The zero-order valence-corrected chi connectivity index (χ0v) is 49.1. The summed E-state index contributed by atoms with van der Waals surface area (Å²) in [5.41, 5.74) is 9.49. The lowest BCUT2D eigenvalue weighted by Gasteiger charge is -2.18. The minimum atomic E-state index is 0.655. The highest BCUT2D eigenvalue weighted by Gasteiger charge is 2.13. The smallest absolute Gasteiger partial charge is 0.156 e. The Bertz CT molecular complexity index is 2010. The van der Waals surface area contributed by atoms with E-state index in [1.807, 2.05) is 63.9 Å². The Balaban J connectivity index is 0.000000324. The molecule has 0 bridgehead atoms. The second-order valence-corrected chi connectivity index (χ2v) is 22.0. The van der Waals surface area contributed by atoms with Crippen molar-refractivity contribution >= 4 is 59.8 Å². The van der Waals surface area contributed by atoms with E-state index in [1.165, 1.54) is 152 Å². The molecule has 0 unspecified atom stereocenters. The van der Waals surface area contributed by atoms with E-state index in [9.17, 15) is 0 Å². The lowest BCUT2D eigenvalue weighted by molar-refractivity contribution is 0.297. The lowest BCUT2D eigenvalue weighted by atomic mass is 9.89. The van der Waals surface area contributed by atoms with Crippen LogP contribution in [0.1, 0.15) is 190 Å². The summed E-state index contributed by atoms with van der Waals surface area (Å²) in [5.74, 6) is 2.00. The number of hydrogen-bond donors (Lipinski definition) is 2. The Labute approximate surface area is 469 Å². The van der Waals surface area contributed by atoms with Gasteiger partial charge in [-0.3, -0.25) is 0 Å². The molecule has 74 heavy (non-hydrogen) atoms. The van der Waals surface area contributed by atoms with Crippen molar-refractivity contribution in [2.45, 2.75) is 220 Å². The Hall–Kier alpha value is -3.72. The fourth-order valence-corrected chi connectivity index (χ4v) is 10.3. The van der Waals surface area contributed by atoms with Crippen LogP contribution in [0.15, 0.2) is 98.2 Å². The van der Waals surface area contributed by atoms with Crippen LogP contribution in [0.5, 0.6) is 0 Å². The van der Waals surface area contributed by atoms with Crippen molar-refractivity contribution in [3.63, 3.8) is 0 Å². The van der Waals surface area contributed by atoms with Gasteiger partial charge in [0.2, 0.25) is 0 Å². The standard InChI is InChI=1S/C32H52N4O2S2.C28H42N4S2/c1-29(39)37-25-13-9-5-3-7-11-15-31(17-21-35-23-19-33-27-35)32(18-22-36-24-20-34-28-36)16-12-8-4-6-10-14-26-38-30(2)40;33-19-7-3-1-5-9-25-21-27(11-15-31-17-13-29-23-31)28(12-16-32-18-14-30-24-32)22-26(25)10-6-2-4-8-20-34/h19-20,23-24,27-28H,3-18,21-22,25-26H2,1-2H3;13-14,17-18,21-24,33-34H,1-12,15-16,19-20H2/b32-31-;. The van der Waals surface area contributed by atoms with E-state index in [4.69, 9.17) is 33.9 Å². The summed E-state index contributed by atoms with van der Waals surface area (Å²) in [4.78, 5) is 16.9. The zero-order chi connectivity index (χ0) is 52.5. The molecule has 0 radical (unpaired) electrons. The lowest BCUT2D eigenvalue weighted by Crippen LogP contribution is -2.08. The first kappa shape index (κ1) is 62.8. The van der Waals surface area contributed by atoms with E-state index >= 15 is 0 Å². The van der Waals surface area contributed by atoms with Gasteiger partial charge in [0.25, 0.3) is 0 Å². The van der Waals surface area contributed by atoms with Gasteiger partial charge in [-0.05, 0) is 161 Å². The first-order chi connectivity index (χ1) is 36.3. The average Bonchev–Trinajstić information content (AvgIpc) is 4.27. The zero-order valence-electron chi connectivity index (χ0n) is 45.6. The third-order valence-electron chi connectivity index (χ3n) is 13.9. The molecule has 0 saturated heterocycles. The van der Waals surface area contributed by atoms with Crippen molar-refractivity contribution in [2.75, 3.05) is 24.7 Å². The maximum Gasteiger partial charge on any atom is 0.156 e. The van der Waals surface area contributed by atoms with Gasteiger partial charge >= 0.3 is 0 Å². The Morgan fingerprint density at radius 1 is 0.392 bits per heavy atom. The third kappa shape index (κ3) is 29.5. The van der Waals surface area contributed by atoms with Crippen LogP contribution in [0.3, 0.4) is 0 Å². The molecule has 0 aliphatic carbocycles. The number of hydrogen-bond acceptors (Lipinski definition) is 10. The number of aromatic nitrogens is 8. The number of imidazole rings is 4. The third-order valence-corrected chi connectivity index (χ3v) is 14.8. The number of rotatable bonds is 42. The predicted octanol–water partition coefficient (Wildman–Crippen LogP) is 15.7. The minimum Gasteiger partial charge on any atom is -0.487 e. The number of thiocarbonyl (C=S) groups is 2. The predicted molar refractivity (Wildman–Crippen MR) is 324 cm³/mol. The number of allylic oxidation sites excluding steroid dienone is 2. The Morgan fingerprint density at radius 3 is 1.04 bits per heavy atom. The summed E-state index contributed by atoms with van der Waals surface area (Å²) in [6.45, 7) is 9.18. The molecule has 0 aliphatic rings. The van der Waals surface area contributed by atoms with Crippen molar-refractivity contribution in [3.8, 4) is 0 Å².